The van der Waals surface area contributed by atoms with Crippen molar-refractivity contribution in [2.45, 2.75) is 76.8 Å². The van der Waals surface area contributed by atoms with E-state index in [2.05, 4.69) is 69.3 Å². The van der Waals surface area contributed by atoms with Crippen LogP contribution in [0.1, 0.15) is 74.6 Å². The minimum absolute atomic E-state index is 0.215. The maximum atomic E-state index is 6.61. The summed E-state index contributed by atoms with van der Waals surface area (Å²) in [7, 11) is 2.96. The molecule has 9 heteroatoms. The first-order valence-corrected chi connectivity index (χ1v) is 19.0. The van der Waals surface area contributed by atoms with Crippen molar-refractivity contribution in [1.82, 2.24) is 0 Å². The molecule has 1 saturated carbocycles. The summed E-state index contributed by atoms with van der Waals surface area (Å²) in [5.41, 5.74) is 6.23. The van der Waals surface area contributed by atoms with Crippen LogP contribution in [0.15, 0.2) is 53.5 Å². The van der Waals surface area contributed by atoms with E-state index in [4.69, 9.17) is 31.5 Å². The van der Waals surface area contributed by atoms with Crippen LogP contribution in [-0.4, -0.2) is 72.0 Å². The topological polar surface area (TPSA) is 67.7 Å². The molecule has 0 radical (unpaired) electrons. The van der Waals surface area contributed by atoms with E-state index in [1.54, 1.807) is 35.5 Å². The number of aliphatic imine (C=N–C) groups is 1. The van der Waals surface area contributed by atoms with Crippen LogP contribution in [0.25, 0.3) is 0 Å². The van der Waals surface area contributed by atoms with E-state index in [-0.39, 0.29) is 11.1 Å². The molecule has 0 amide bonds. The molecule has 2 aromatic carbocycles. The fraction of sp³-hybridized carbons (Fsp3) is 0.606. The average Bonchev–Trinajstić information content (AvgIpc) is 3.12. The van der Waals surface area contributed by atoms with Gasteiger partial charge in [-0.2, -0.15) is 0 Å². The molecule has 0 N–H and O–H groups in total. The summed E-state index contributed by atoms with van der Waals surface area (Å²) in [6, 6.07) is 17.3. The van der Waals surface area contributed by atoms with E-state index < -0.39 is 17.6 Å². The van der Waals surface area contributed by atoms with Gasteiger partial charge in [-0.25, -0.2) is 0 Å². The summed E-state index contributed by atoms with van der Waals surface area (Å²) in [5, 5.41) is 0. The molecule has 2 aromatic rings. The Hall–Kier alpha value is -1.70. The summed E-state index contributed by atoms with van der Waals surface area (Å²) in [5.74, 6) is 0.420. The Bertz CT molecular complexity index is 1080. The maximum absolute atomic E-state index is 6.61. The molecule has 1 aliphatic carbocycles. The van der Waals surface area contributed by atoms with Gasteiger partial charge in [0.2, 0.25) is 0 Å². The van der Waals surface area contributed by atoms with E-state index >= 15 is 0 Å². The summed E-state index contributed by atoms with van der Waals surface area (Å²) < 4.78 is 36.6. The highest BCUT2D eigenvalue weighted by Gasteiger charge is 2.51. The van der Waals surface area contributed by atoms with Crippen LogP contribution in [0, 0.1) is 12.8 Å². The molecule has 3 atom stereocenters. The summed E-state index contributed by atoms with van der Waals surface area (Å²) in [4.78, 5) is 5.06. The number of nitrogens with zero attached hydrogens (tertiary/aromatic N) is 1. The lowest BCUT2D eigenvalue weighted by Crippen LogP contribution is -2.50. The molecule has 0 bridgehead atoms. The highest BCUT2D eigenvalue weighted by atomic mass is 28.4. The SMILES string of the molecule is CCc1ccc(/C(=N/CCO[Si](OC)(OC)C2CCCCC([Si](OC)(OC)OC)CC(C)C2)c2ccc(C)cc2)cc1. The minimum atomic E-state index is -2.96. The fourth-order valence-corrected chi connectivity index (χ4v) is 12.1. The monoisotopic (exact) mass is 615 g/mol. The van der Waals surface area contributed by atoms with Crippen molar-refractivity contribution in [2.75, 3.05) is 48.7 Å². The minimum Gasteiger partial charge on any atom is -0.377 e. The lowest BCUT2D eigenvalue weighted by Gasteiger charge is -2.36. The lowest BCUT2D eigenvalue weighted by atomic mass is 9.98. The zero-order valence-electron chi connectivity index (χ0n) is 27.1. The van der Waals surface area contributed by atoms with Crippen LogP contribution in [0.2, 0.25) is 11.1 Å². The predicted molar refractivity (Wildman–Crippen MR) is 174 cm³/mol. The second-order valence-electron chi connectivity index (χ2n) is 11.5. The van der Waals surface area contributed by atoms with Gasteiger partial charge in [-0.3, -0.25) is 4.99 Å². The van der Waals surface area contributed by atoms with E-state index in [1.807, 2.05) is 0 Å². The van der Waals surface area contributed by atoms with Crippen molar-refractivity contribution >= 4 is 23.3 Å². The molecule has 7 nitrogen and oxygen atoms in total. The Morgan fingerprint density at radius 1 is 0.738 bits per heavy atom. The molecular weight excluding hydrogens is 563 g/mol. The molecular formula is C33H53NO6Si2. The molecule has 1 aliphatic rings. The largest absolute Gasteiger partial charge is 0.503 e. The Balaban J connectivity index is 1.76. The molecule has 0 saturated heterocycles. The summed E-state index contributed by atoms with van der Waals surface area (Å²) in [6.45, 7) is 7.55. The Labute approximate surface area is 256 Å². The van der Waals surface area contributed by atoms with Gasteiger partial charge in [-0.1, -0.05) is 80.8 Å². The number of hydrogen-bond donors (Lipinski definition) is 0. The van der Waals surface area contributed by atoms with E-state index in [0.717, 1.165) is 61.8 Å². The molecule has 234 valence electrons. The predicted octanol–water partition coefficient (Wildman–Crippen LogP) is 7.25. The highest BCUT2D eigenvalue weighted by molar-refractivity contribution is 6.62. The van der Waals surface area contributed by atoms with Crippen LogP contribution in [0.5, 0.6) is 0 Å². The molecule has 0 spiro atoms. The van der Waals surface area contributed by atoms with Crippen molar-refractivity contribution in [1.29, 1.82) is 0 Å². The van der Waals surface area contributed by atoms with Gasteiger partial charge in [0, 0.05) is 57.8 Å². The highest BCUT2D eigenvalue weighted by Crippen LogP contribution is 2.43. The van der Waals surface area contributed by atoms with Crippen LogP contribution >= 0.6 is 0 Å². The Morgan fingerprint density at radius 2 is 1.21 bits per heavy atom. The fourth-order valence-electron chi connectivity index (χ4n) is 6.43. The molecule has 3 rings (SSSR count). The van der Waals surface area contributed by atoms with Gasteiger partial charge in [0.15, 0.2) is 0 Å². The van der Waals surface area contributed by atoms with Crippen molar-refractivity contribution in [3.63, 3.8) is 0 Å². The molecule has 0 aliphatic heterocycles. The first-order chi connectivity index (χ1) is 20.3. The van der Waals surface area contributed by atoms with Crippen LogP contribution in [0.3, 0.4) is 0 Å². The zero-order chi connectivity index (χ0) is 30.6. The van der Waals surface area contributed by atoms with Gasteiger partial charge < -0.3 is 26.6 Å². The van der Waals surface area contributed by atoms with Gasteiger partial charge in [-0.15, -0.1) is 0 Å². The van der Waals surface area contributed by atoms with E-state index in [1.165, 1.54) is 11.1 Å². The van der Waals surface area contributed by atoms with Crippen molar-refractivity contribution in [3.8, 4) is 0 Å². The lowest BCUT2D eigenvalue weighted by molar-refractivity contribution is 0.0843. The smallest absolute Gasteiger partial charge is 0.377 e. The van der Waals surface area contributed by atoms with Gasteiger partial charge >= 0.3 is 17.6 Å². The molecule has 0 aromatic heterocycles. The third-order valence-corrected chi connectivity index (χ3v) is 15.3. The van der Waals surface area contributed by atoms with Crippen LogP contribution < -0.4 is 0 Å². The second kappa shape index (κ2) is 17.0. The van der Waals surface area contributed by atoms with Crippen molar-refractivity contribution < 1.29 is 26.6 Å². The average molecular weight is 616 g/mol. The summed E-state index contributed by atoms with van der Waals surface area (Å²) >= 11 is 0. The number of rotatable bonds is 14. The third kappa shape index (κ3) is 8.69. The number of aryl methyl sites for hydroxylation is 2. The van der Waals surface area contributed by atoms with Crippen molar-refractivity contribution in [2.24, 2.45) is 10.9 Å². The van der Waals surface area contributed by atoms with Crippen LogP contribution in [-0.2, 0) is 33.0 Å². The van der Waals surface area contributed by atoms with Gasteiger partial charge in [-0.05, 0) is 50.5 Å². The molecule has 42 heavy (non-hydrogen) atoms. The molecule has 1 fully saturated rings. The van der Waals surface area contributed by atoms with Gasteiger partial charge in [0.1, 0.15) is 0 Å². The van der Waals surface area contributed by atoms with E-state index in [9.17, 15) is 0 Å². The standard InChI is InChI=1S/C33H53NO6Si2/c1-9-28-16-20-30(21-17-28)33(29-18-14-26(2)15-19-29)34-22-23-40-42(38-7,39-8)32-13-11-10-12-31(24-27(3)25-32)41(35-4,36-5)37-6/h14-21,27,31-32H,9-13,22-25H2,1-8H3/b34-33+. The first kappa shape index (κ1) is 34.8. The van der Waals surface area contributed by atoms with Gasteiger partial charge in [0.25, 0.3) is 0 Å². The molecule has 0 heterocycles. The quantitative estimate of drug-likeness (QED) is 0.127. The second-order valence-corrected chi connectivity index (χ2v) is 17.9. The van der Waals surface area contributed by atoms with Crippen LogP contribution in [0.4, 0.5) is 0 Å². The van der Waals surface area contributed by atoms with Crippen molar-refractivity contribution in [3.05, 3.63) is 70.8 Å². The Morgan fingerprint density at radius 3 is 1.69 bits per heavy atom. The first-order valence-electron chi connectivity index (χ1n) is 15.4. The Kier molecular flexibility index (Phi) is 14.1. The number of benzene rings is 2. The normalized spacial score (nSPS) is 21.0. The maximum Gasteiger partial charge on any atom is 0.503 e. The van der Waals surface area contributed by atoms with Gasteiger partial charge in [0.05, 0.1) is 18.9 Å². The molecule has 3 unspecified atom stereocenters. The van der Waals surface area contributed by atoms with E-state index in [0.29, 0.717) is 19.1 Å². The summed E-state index contributed by atoms with van der Waals surface area (Å²) in [6.07, 6.45) is 7.16. The zero-order valence-corrected chi connectivity index (χ0v) is 29.1. The third-order valence-electron chi connectivity index (χ3n) is 8.78. The number of hydrogen-bond acceptors (Lipinski definition) is 7.